The Kier molecular flexibility index (Phi) is 21.9. The summed E-state index contributed by atoms with van der Waals surface area (Å²) in [6.07, 6.45) is 17.6. The Hall–Kier alpha value is -4.49. The van der Waals surface area contributed by atoms with Crippen molar-refractivity contribution in [3.8, 4) is 5.75 Å². The molecule has 0 saturated carbocycles. The van der Waals surface area contributed by atoms with Gasteiger partial charge in [0.25, 0.3) is 5.91 Å². The van der Waals surface area contributed by atoms with E-state index in [0.29, 0.717) is 63.5 Å². The van der Waals surface area contributed by atoms with E-state index in [4.69, 9.17) is 18.9 Å². The molecular formula is C52H77N5O7. The molecule has 64 heavy (non-hydrogen) atoms. The normalized spacial score (nSPS) is 19.1. The number of allylic oxidation sites excluding steroid dienone is 1. The lowest BCUT2D eigenvalue weighted by molar-refractivity contribution is -0.140. The first-order chi connectivity index (χ1) is 31.2. The third-order valence-corrected chi connectivity index (χ3v) is 12.9. The van der Waals surface area contributed by atoms with Gasteiger partial charge in [0, 0.05) is 62.1 Å². The molecule has 0 bridgehead atoms. The summed E-state index contributed by atoms with van der Waals surface area (Å²) in [5.41, 5.74) is 4.86. The van der Waals surface area contributed by atoms with Gasteiger partial charge in [-0.3, -0.25) is 14.6 Å². The Morgan fingerprint density at radius 1 is 0.844 bits per heavy atom. The number of pyridine rings is 1. The number of carbonyl (C=O) groups excluding carboxylic acids is 2. The number of esters is 1. The van der Waals surface area contributed by atoms with Crippen molar-refractivity contribution < 1.29 is 33.3 Å². The van der Waals surface area contributed by atoms with E-state index in [-0.39, 0.29) is 29.5 Å². The molecule has 2 unspecified atom stereocenters. The van der Waals surface area contributed by atoms with Crippen molar-refractivity contribution in [2.45, 2.75) is 115 Å². The lowest BCUT2D eigenvalue weighted by atomic mass is 9.81. The number of nitrogens with one attached hydrogen (secondary N) is 3. The van der Waals surface area contributed by atoms with Crippen molar-refractivity contribution in [3.63, 3.8) is 0 Å². The van der Waals surface area contributed by atoms with Gasteiger partial charge in [-0.2, -0.15) is 0 Å². The van der Waals surface area contributed by atoms with Gasteiger partial charge in [0.1, 0.15) is 5.75 Å². The summed E-state index contributed by atoms with van der Waals surface area (Å²) in [6, 6.07) is 20.3. The van der Waals surface area contributed by atoms with Crippen LogP contribution in [0.3, 0.4) is 0 Å². The summed E-state index contributed by atoms with van der Waals surface area (Å²) in [7, 11) is 3.62. The zero-order valence-electron chi connectivity index (χ0n) is 39.4. The van der Waals surface area contributed by atoms with Crippen molar-refractivity contribution in [2.75, 3.05) is 78.8 Å². The Morgan fingerprint density at radius 3 is 2.14 bits per heavy atom. The van der Waals surface area contributed by atoms with Crippen LogP contribution >= 0.6 is 0 Å². The number of hydrogen-bond acceptors (Lipinski definition) is 11. The summed E-state index contributed by atoms with van der Waals surface area (Å²) in [6.45, 7) is 13.0. The van der Waals surface area contributed by atoms with Crippen molar-refractivity contribution in [1.82, 2.24) is 20.5 Å². The zero-order chi connectivity index (χ0) is 45.4. The fourth-order valence-corrected chi connectivity index (χ4v) is 8.85. The molecule has 2 aliphatic rings. The highest BCUT2D eigenvalue weighted by Gasteiger charge is 2.41. The molecule has 1 fully saturated rings. The minimum absolute atomic E-state index is 0.101. The second-order valence-electron chi connectivity index (χ2n) is 17.6. The molecule has 2 aliphatic heterocycles. The molecule has 3 N–H and O–H groups in total. The minimum Gasteiger partial charge on any atom is -0.494 e. The largest absolute Gasteiger partial charge is 0.494 e. The lowest BCUT2D eigenvalue weighted by Gasteiger charge is -2.45. The van der Waals surface area contributed by atoms with Crippen LogP contribution in [0, 0.1) is 11.8 Å². The minimum atomic E-state index is -0.285. The topological polar surface area (TPSA) is 133 Å². The molecule has 2 aromatic carbocycles. The van der Waals surface area contributed by atoms with Gasteiger partial charge in [-0.1, -0.05) is 57.4 Å². The number of likely N-dealkylation sites (tertiary alicyclic amines) is 1. The third kappa shape index (κ3) is 16.5. The van der Waals surface area contributed by atoms with Crippen LogP contribution in [0.1, 0.15) is 131 Å². The van der Waals surface area contributed by atoms with Crippen LogP contribution in [0.15, 0.2) is 84.8 Å². The maximum Gasteiger partial charge on any atom is 0.305 e. The van der Waals surface area contributed by atoms with Gasteiger partial charge in [-0.05, 0) is 131 Å². The number of aromatic nitrogens is 1. The van der Waals surface area contributed by atoms with Crippen molar-refractivity contribution >= 4 is 17.6 Å². The first kappa shape index (κ1) is 50.5. The molecule has 0 aliphatic carbocycles. The van der Waals surface area contributed by atoms with E-state index >= 15 is 0 Å². The molecule has 3 heterocycles. The Bertz CT molecular complexity index is 1820. The maximum atomic E-state index is 13.7. The standard InChI is InChI=1S/C52H77N5O7/c1-6-47-40(2)18-23-48(55-50(47)43-24-28-53-29-25-43)52(26-30-57(4)31-27-52)56-45-16-14-15-44(39-45)51(59)54-41(3)42-19-21-46(22-20-42)64-34-13-8-7-11-32-61-35-37-63-38-36-62-33-12-9-10-17-49(58)60-5/h14-16,19-25,28-29,39-41,47,50,55-56H,6-13,17-18,26-27,30-38H2,1-5H3,(H,54,59)/t40-,41+,47?,50?/m1/s1. The average molecular weight is 884 g/mol. The highest BCUT2D eigenvalue weighted by molar-refractivity contribution is 5.95. The van der Waals surface area contributed by atoms with E-state index in [1.165, 1.54) is 18.4 Å². The number of anilines is 1. The molecule has 4 atom stereocenters. The number of ether oxygens (including phenoxy) is 5. The number of methoxy groups -OCH3 is 1. The number of hydrogen-bond donors (Lipinski definition) is 3. The number of carbonyl (C=O) groups is 2. The number of amides is 1. The van der Waals surface area contributed by atoms with Crippen LogP contribution in [0.2, 0.25) is 0 Å². The van der Waals surface area contributed by atoms with Crippen molar-refractivity contribution in [1.29, 1.82) is 0 Å². The van der Waals surface area contributed by atoms with Gasteiger partial charge < -0.3 is 44.5 Å². The van der Waals surface area contributed by atoms with E-state index in [2.05, 4.69) is 75.7 Å². The van der Waals surface area contributed by atoms with Gasteiger partial charge in [-0.25, -0.2) is 0 Å². The summed E-state index contributed by atoms with van der Waals surface area (Å²) in [4.78, 5) is 31.5. The quantitative estimate of drug-likeness (QED) is 0.0476. The highest BCUT2D eigenvalue weighted by atomic mass is 16.5. The van der Waals surface area contributed by atoms with Crippen LogP contribution in [0.25, 0.3) is 0 Å². The molecule has 12 heteroatoms. The second-order valence-corrected chi connectivity index (χ2v) is 17.6. The monoisotopic (exact) mass is 884 g/mol. The van der Waals surface area contributed by atoms with Crippen LogP contribution < -0.4 is 20.7 Å². The number of unbranched alkanes of at least 4 members (excludes halogenated alkanes) is 5. The van der Waals surface area contributed by atoms with Gasteiger partial charge in [0.2, 0.25) is 0 Å². The Labute approximate surface area is 383 Å². The molecular weight excluding hydrogens is 807 g/mol. The maximum absolute atomic E-state index is 13.7. The average Bonchev–Trinajstić information content (AvgIpc) is 3.49. The van der Waals surface area contributed by atoms with Crippen molar-refractivity contribution in [2.24, 2.45) is 11.8 Å². The number of piperidine rings is 1. The molecule has 0 spiro atoms. The Morgan fingerprint density at radius 2 is 1.48 bits per heavy atom. The first-order valence-electron chi connectivity index (χ1n) is 24.0. The number of rotatable bonds is 28. The van der Waals surface area contributed by atoms with Gasteiger partial charge in [0.15, 0.2) is 0 Å². The van der Waals surface area contributed by atoms with Gasteiger partial charge >= 0.3 is 5.97 Å². The summed E-state index contributed by atoms with van der Waals surface area (Å²) in [5.74, 6) is 1.61. The molecule has 1 aromatic heterocycles. The van der Waals surface area contributed by atoms with Crippen LogP contribution in [-0.2, 0) is 23.7 Å². The first-order valence-corrected chi connectivity index (χ1v) is 24.0. The predicted octanol–water partition coefficient (Wildman–Crippen LogP) is 9.45. The second kappa shape index (κ2) is 27.7. The molecule has 352 valence electrons. The smallest absolute Gasteiger partial charge is 0.305 e. The number of nitrogens with zero attached hydrogens (tertiary/aromatic N) is 2. The van der Waals surface area contributed by atoms with Crippen molar-refractivity contribution in [3.05, 3.63) is 102 Å². The Balaban J connectivity index is 0.992. The van der Waals surface area contributed by atoms with Gasteiger partial charge in [-0.15, -0.1) is 0 Å². The molecule has 3 aromatic rings. The van der Waals surface area contributed by atoms with Crippen LogP contribution in [-0.4, -0.2) is 101 Å². The van der Waals surface area contributed by atoms with Gasteiger partial charge in [0.05, 0.1) is 57.8 Å². The van der Waals surface area contributed by atoms with Crippen LogP contribution in [0.5, 0.6) is 5.75 Å². The fourth-order valence-electron chi connectivity index (χ4n) is 8.85. The third-order valence-electron chi connectivity index (χ3n) is 12.9. The van der Waals surface area contributed by atoms with E-state index < -0.39 is 0 Å². The lowest BCUT2D eigenvalue weighted by Crippen LogP contribution is -2.53. The highest BCUT2D eigenvalue weighted by Crippen LogP contribution is 2.41. The molecule has 12 nitrogen and oxygen atoms in total. The molecule has 1 amide bonds. The molecule has 1 saturated heterocycles. The predicted molar refractivity (Wildman–Crippen MR) is 255 cm³/mol. The van der Waals surface area contributed by atoms with E-state index in [9.17, 15) is 9.59 Å². The zero-order valence-corrected chi connectivity index (χ0v) is 39.4. The SMILES string of the molecule is CCC1C(c2ccncc2)NC(C2(Nc3cccc(C(=O)N[C@@H](C)c4ccc(OCCCCCCOCCOCCOCCCCCC(=O)OC)cc4)c3)CCN(C)CC2)=CC[C@H]1C. The summed E-state index contributed by atoms with van der Waals surface area (Å²) in [5, 5.41) is 11.3. The molecule has 5 rings (SSSR count). The van der Waals surface area contributed by atoms with Crippen LogP contribution in [0.4, 0.5) is 5.69 Å². The molecule has 0 radical (unpaired) electrons. The number of benzene rings is 2. The van der Waals surface area contributed by atoms with E-state index in [0.717, 1.165) is 107 Å². The van der Waals surface area contributed by atoms with E-state index in [1.54, 1.807) is 0 Å². The fraction of sp³-hybridized carbons (Fsp3) is 0.596. The summed E-state index contributed by atoms with van der Waals surface area (Å²) < 4.78 is 27.5. The summed E-state index contributed by atoms with van der Waals surface area (Å²) >= 11 is 0. The van der Waals surface area contributed by atoms with E-state index in [1.807, 2.05) is 61.8 Å².